The van der Waals surface area contributed by atoms with Gasteiger partial charge in [-0.2, -0.15) is 0 Å². The molecule has 4 heteroatoms. The summed E-state index contributed by atoms with van der Waals surface area (Å²) in [5.41, 5.74) is -0.438. The van der Waals surface area contributed by atoms with Gasteiger partial charge >= 0.3 is 6.09 Å². The zero-order chi connectivity index (χ0) is 11.9. The Hall–Kier alpha value is -0.770. The average Bonchev–Trinajstić information content (AvgIpc) is 2.66. The molecule has 1 amide bonds. The van der Waals surface area contributed by atoms with Crippen molar-refractivity contribution in [3.8, 4) is 0 Å². The molecule has 0 bridgehead atoms. The van der Waals surface area contributed by atoms with Gasteiger partial charge in [-0.15, -0.1) is 0 Å². The van der Waals surface area contributed by atoms with E-state index in [0.717, 1.165) is 25.8 Å². The van der Waals surface area contributed by atoms with Crippen LogP contribution in [0.25, 0.3) is 0 Å². The maximum atomic E-state index is 11.9. The lowest BCUT2D eigenvalue weighted by molar-refractivity contribution is 0.0211. The van der Waals surface area contributed by atoms with Gasteiger partial charge in [-0.25, -0.2) is 4.79 Å². The van der Waals surface area contributed by atoms with E-state index in [1.54, 1.807) is 4.90 Å². The number of nitrogens with zero attached hydrogens (tertiary/aromatic N) is 1. The van der Waals surface area contributed by atoms with Crippen molar-refractivity contribution in [2.24, 2.45) is 5.92 Å². The predicted molar refractivity (Wildman–Crippen MR) is 60.1 cm³/mol. The Morgan fingerprint density at radius 3 is 2.62 bits per heavy atom. The van der Waals surface area contributed by atoms with Crippen LogP contribution < -0.4 is 0 Å². The Balaban J connectivity index is 1.99. The molecule has 0 unspecified atom stereocenters. The van der Waals surface area contributed by atoms with Crippen LogP contribution in [-0.2, 0) is 4.74 Å². The highest BCUT2D eigenvalue weighted by Crippen LogP contribution is 2.38. The minimum absolute atomic E-state index is 0.199. The van der Waals surface area contributed by atoms with E-state index in [9.17, 15) is 9.90 Å². The highest BCUT2D eigenvalue weighted by atomic mass is 16.6. The largest absolute Gasteiger partial charge is 0.444 e. The summed E-state index contributed by atoms with van der Waals surface area (Å²) in [5, 5.41) is 9.75. The number of amides is 1. The van der Waals surface area contributed by atoms with Gasteiger partial charge in [-0.05, 0) is 40.0 Å². The topological polar surface area (TPSA) is 49.8 Å². The molecule has 1 saturated carbocycles. The Morgan fingerprint density at radius 2 is 2.00 bits per heavy atom. The van der Waals surface area contributed by atoms with Crippen LogP contribution in [0.3, 0.4) is 0 Å². The van der Waals surface area contributed by atoms with Crippen molar-refractivity contribution < 1.29 is 14.6 Å². The molecule has 0 aromatic heterocycles. The van der Waals surface area contributed by atoms with Crippen molar-refractivity contribution in [3.05, 3.63) is 0 Å². The first-order chi connectivity index (χ1) is 7.38. The summed E-state index contributed by atoms with van der Waals surface area (Å²) in [6.07, 6.45) is 2.18. The summed E-state index contributed by atoms with van der Waals surface area (Å²) < 4.78 is 5.37. The zero-order valence-corrected chi connectivity index (χ0v) is 10.3. The van der Waals surface area contributed by atoms with Crippen molar-refractivity contribution >= 4 is 6.09 Å². The van der Waals surface area contributed by atoms with E-state index in [0.29, 0.717) is 0 Å². The maximum Gasteiger partial charge on any atom is 0.410 e. The third-order valence-electron chi connectivity index (χ3n) is 3.48. The molecule has 92 valence electrons. The minimum Gasteiger partial charge on any atom is -0.444 e. The summed E-state index contributed by atoms with van der Waals surface area (Å²) in [5.74, 6) is 0.271. The molecule has 2 aliphatic rings. The third-order valence-corrected chi connectivity index (χ3v) is 3.48. The second kappa shape index (κ2) is 3.91. The highest BCUT2D eigenvalue weighted by Gasteiger charge is 2.45. The number of carbonyl (C=O) groups is 1. The van der Waals surface area contributed by atoms with Gasteiger partial charge in [0.15, 0.2) is 0 Å². The monoisotopic (exact) mass is 227 g/mol. The second-order valence-corrected chi connectivity index (χ2v) is 5.84. The second-order valence-electron chi connectivity index (χ2n) is 5.84. The maximum absolute atomic E-state index is 11.9. The van der Waals surface area contributed by atoms with Gasteiger partial charge in [0.05, 0.1) is 6.10 Å². The van der Waals surface area contributed by atoms with Gasteiger partial charge in [0.1, 0.15) is 5.60 Å². The fraction of sp³-hybridized carbons (Fsp3) is 0.917. The molecule has 16 heavy (non-hydrogen) atoms. The number of aliphatic hydroxyl groups excluding tert-OH is 1. The summed E-state index contributed by atoms with van der Waals surface area (Å²) >= 11 is 0. The lowest BCUT2D eigenvalue weighted by atomic mass is 10.0. The summed E-state index contributed by atoms with van der Waals surface area (Å²) in [4.78, 5) is 13.7. The quantitative estimate of drug-likeness (QED) is 0.686. The summed E-state index contributed by atoms with van der Waals surface area (Å²) in [6, 6.07) is 0.199. The standard InChI is InChI=1S/C12H21NO3/c1-12(2,3)16-11(15)13-7-6-8-9(13)4-5-10(8)14/h8-10,14H,4-7H2,1-3H3/t8-,9-,10-/m0/s1. The number of rotatable bonds is 0. The van der Waals surface area contributed by atoms with Crippen LogP contribution >= 0.6 is 0 Å². The van der Waals surface area contributed by atoms with Crippen molar-refractivity contribution in [1.29, 1.82) is 0 Å². The molecular formula is C12H21NO3. The number of carbonyl (C=O) groups excluding carboxylic acids is 1. The average molecular weight is 227 g/mol. The Kier molecular flexibility index (Phi) is 2.86. The number of aliphatic hydroxyl groups is 1. The smallest absolute Gasteiger partial charge is 0.410 e. The fourth-order valence-electron chi connectivity index (χ4n) is 2.80. The molecule has 4 nitrogen and oxygen atoms in total. The van der Waals surface area contributed by atoms with Gasteiger partial charge in [0.25, 0.3) is 0 Å². The van der Waals surface area contributed by atoms with Gasteiger partial charge in [-0.3, -0.25) is 0 Å². The van der Waals surface area contributed by atoms with Crippen molar-refractivity contribution in [2.75, 3.05) is 6.54 Å². The molecule has 3 atom stereocenters. The van der Waals surface area contributed by atoms with E-state index in [2.05, 4.69) is 0 Å². The molecule has 0 aromatic carbocycles. The number of hydrogen-bond donors (Lipinski definition) is 1. The lowest BCUT2D eigenvalue weighted by Gasteiger charge is -2.28. The van der Waals surface area contributed by atoms with E-state index >= 15 is 0 Å². The Bertz CT molecular complexity index is 284. The van der Waals surface area contributed by atoms with Crippen molar-refractivity contribution in [1.82, 2.24) is 4.90 Å². The van der Waals surface area contributed by atoms with Gasteiger partial charge < -0.3 is 14.7 Å². The highest BCUT2D eigenvalue weighted by molar-refractivity contribution is 5.69. The molecule has 2 rings (SSSR count). The Morgan fingerprint density at radius 1 is 1.31 bits per heavy atom. The molecule has 1 heterocycles. The fourth-order valence-corrected chi connectivity index (χ4v) is 2.80. The molecule has 1 saturated heterocycles. The van der Waals surface area contributed by atoms with Crippen LogP contribution in [0.5, 0.6) is 0 Å². The van der Waals surface area contributed by atoms with Gasteiger partial charge in [0.2, 0.25) is 0 Å². The minimum atomic E-state index is -0.438. The molecule has 0 aromatic rings. The van der Waals surface area contributed by atoms with Crippen LogP contribution in [0.1, 0.15) is 40.0 Å². The van der Waals surface area contributed by atoms with Crippen LogP contribution in [0.15, 0.2) is 0 Å². The van der Waals surface area contributed by atoms with Gasteiger partial charge in [0, 0.05) is 18.5 Å². The number of ether oxygens (including phenoxy) is 1. The normalized spacial score (nSPS) is 34.0. The molecule has 1 N–H and O–H groups in total. The van der Waals surface area contributed by atoms with Crippen molar-refractivity contribution in [2.45, 2.75) is 57.8 Å². The summed E-state index contributed by atoms with van der Waals surface area (Å²) in [7, 11) is 0. The molecule has 2 fully saturated rings. The first-order valence-corrected chi connectivity index (χ1v) is 6.06. The SMILES string of the molecule is CC(C)(C)OC(=O)N1CC[C@@H]2[C@@H](O)CC[C@@H]21. The first-order valence-electron chi connectivity index (χ1n) is 6.06. The molecule has 0 spiro atoms. The van der Waals surface area contributed by atoms with Crippen LogP contribution in [-0.4, -0.2) is 40.4 Å². The number of likely N-dealkylation sites (tertiary alicyclic amines) is 1. The Labute approximate surface area is 96.6 Å². The van der Waals surface area contributed by atoms with E-state index in [-0.39, 0.29) is 24.2 Å². The third kappa shape index (κ3) is 2.17. The summed E-state index contributed by atoms with van der Waals surface area (Å²) in [6.45, 7) is 6.35. The molecule has 1 aliphatic carbocycles. The lowest BCUT2D eigenvalue weighted by Crippen LogP contribution is -2.40. The molecule has 1 aliphatic heterocycles. The van der Waals surface area contributed by atoms with Crippen LogP contribution in [0.4, 0.5) is 4.79 Å². The van der Waals surface area contributed by atoms with Gasteiger partial charge in [-0.1, -0.05) is 0 Å². The number of fused-ring (bicyclic) bond motifs is 1. The van der Waals surface area contributed by atoms with Crippen LogP contribution in [0.2, 0.25) is 0 Å². The van der Waals surface area contributed by atoms with E-state index in [1.807, 2.05) is 20.8 Å². The first kappa shape index (κ1) is 11.7. The van der Waals surface area contributed by atoms with Crippen LogP contribution in [0, 0.1) is 5.92 Å². The number of hydrogen-bond acceptors (Lipinski definition) is 3. The van der Waals surface area contributed by atoms with Crippen molar-refractivity contribution in [3.63, 3.8) is 0 Å². The molecule has 0 radical (unpaired) electrons. The zero-order valence-electron chi connectivity index (χ0n) is 10.3. The molecular weight excluding hydrogens is 206 g/mol. The van der Waals surface area contributed by atoms with E-state index < -0.39 is 5.60 Å². The van der Waals surface area contributed by atoms with E-state index in [1.165, 1.54) is 0 Å². The van der Waals surface area contributed by atoms with E-state index in [4.69, 9.17) is 4.74 Å². The predicted octanol–water partition coefficient (Wildman–Crippen LogP) is 1.77.